The molecule has 1 aromatic carbocycles. The lowest BCUT2D eigenvalue weighted by molar-refractivity contribution is -0.130. The second kappa shape index (κ2) is 9.61. The fraction of sp³-hybridized carbons (Fsp3) is 0.360. The Labute approximate surface area is 177 Å². The zero-order valence-electron chi connectivity index (χ0n) is 17.8. The van der Waals surface area contributed by atoms with E-state index in [-0.39, 0.29) is 0 Å². The van der Waals surface area contributed by atoms with Crippen LogP contribution in [0.1, 0.15) is 52.9 Å². The van der Waals surface area contributed by atoms with Gasteiger partial charge in [-0.1, -0.05) is 48.1 Å². The van der Waals surface area contributed by atoms with Crippen molar-refractivity contribution in [3.8, 4) is 5.75 Å². The molecule has 0 spiro atoms. The Morgan fingerprint density at radius 3 is 2.43 bits per heavy atom. The molecular weight excluding hydrogens is 380 g/mol. The van der Waals surface area contributed by atoms with Gasteiger partial charge in [-0.25, -0.2) is 9.59 Å². The lowest BCUT2D eigenvalue weighted by atomic mass is 9.88. The van der Waals surface area contributed by atoms with Crippen LogP contribution in [0.25, 0.3) is 0 Å². The summed E-state index contributed by atoms with van der Waals surface area (Å²) < 4.78 is 16.4. The number of carbonyl (C=O) groups excluding carboxylic acids is 2. The van der Waals surface area contributed by atoms with Gasteiger partial charge in [-0.2, -0.15) is 0 Å². The summed E-state index contributed by atoms with van der Waals surface area (Å²) in [5.41, 5.74) is 1.68. The van der Waals surface area contributed by atoms with Gasteiger partial charge in [0.2, 0.25) is 0 Å². The second-order valence-electron chi connectivity index (χ2n) is 8.30. The monoisotopic (exact) mass is 408 g/mol. The summed E-state index contributed by atoms with van der Waals surface area (Å²) in [7, 11) is 0. The van der Waals surface area contributed by atoms with Crippen LogP contribution in [0.15, 0.2) is 77.1 Å². The Kier molecular flexibility index (Phi) is 6.93. The van der Waals surface area contributed by atoms with Crippen LogP contribution in [-0.4, -0.2) is 17.7 Å². The molecule has 0 bridgehead atoms. The SMILES string of the molecule is CC(C)(C)OC(=O)OC1=C(C(=O)Oc2ccccc2)C(CC2=CC=CCC2)=CCC1. The van der Waals surface area contributed by atoms with Crippen molar-refractivity contribution in [2.45, 2.75) is 58.5 Å². The number of benzene rings is 1. The van der Waals surface area contributed by atoms with Gasteiger partial charge in [0.05, 0.1) is 0 Å². The Balaban J connectivity index is 1.88. The standard InChI is InChI=1S/C25H28O5/c1-25(2,3)30-24(27)29-21-16-10-13-19(17-18-11-6-4-7-12-18)22(21)23(26)28-20-14-8-5-9-15-20/h4-6,8-9,11,13-15H,7,10,12,16-17H2,1-3H3. The molecule has 158 valence electrons. The molecule has 0 radical (unpaired) electrons. The molecule has 5 heteroatoms. The number of para-hydroxylation sites is 1. The topological polar surface area (TPSA) is 61.8 Å². The highest BCUT2D eigenvalue weighted by Crippen LogP contribution is 2.33. The first kappa shape index (κ1) is 21.6. The van der Waals surface area contributed by atoms with Gasteiger partial charge in [0.1, 0.15) is 22.7 Å². The normalized spacial score (nSPS) is 16.5. The second-order valence-corrected chi connectivity index (χ2v) is 8.30. The van der Waals surface area contributed by atoms with Crippen molar-refractivity contribution in [1.82, 2.24) is 0 Å². The minimum absolute atomic E-state index is 0.301. The average Bonchev–Trinajstić information content (AvgIpc) is 2.68. The summed E-state index contributed by atoms with van der Waals surface area (Å²) in [6, 6.07) is 8.88. The Bertz CT molecular complexity index is 911. The van der Waals surface area contributed by atoms with Gasteiger partial charge in [0.15, 0.2) is 0 Å². The number of esters is 1. The van der Waals surface area contributed by atoms with Crippen molar-refractivity contribution < 1.29 is 23.8 Å². The molecule has 1 aromatic rings. The van der Waals surface area contributed by atoms with E-state index in [0.717, 1.165) is 18.4 Å². The van der Waals surface area contributed by atoms with Crippen molar-refractivity contribution in [2.75, 3.05) is 0 Å². The van der Waals surface area contributed by atoms with E-state index in [9.17, 15) is 9.59 Å². The fourth-order valence-electron chi connectivity index (χ4n) is 3.35. The van der Waals surface area contributed by atoms with Crippen LogP contribution in [0.3, 0.4) is 0 Å². The summed E-state index contributed by atoms with van der Waals surface area (Å²) in [6.45, 7) is 5.30. The number of ether oxygens (including phenoxy) is 3. The molecular formula is C25H28O5. The van der Waals surface area contributed by atoms with Crippen LogP contribution in [0, 0.1) is 0 Å². The smallest absolute Gasteiger partial charge is 0.428 e. The largest absolute Gasteiger partial charge is 0.514 e. The Morgan fingerprint density at radius 1 is 1.00 bits per heavy atom. The van der Waals surface area contributed by atoms with Crippen molar-refractivity contribution in [2.24, 2.45) is 0 Å². The van der Waals surface area contributed by atoms with Crippen molar-refractivity contribution in [3.63, 3.8) is 0 Å². The number of allylic oxidation sites excluding steroid dienone is 6. The molecule has 0 heterocycles. The molecule has 5 nitrogen and oxygen atoms in total. The number of hydrogen-bond donors (Lipinski definition) is 0. The summed E-state index contributed by atoms with van der Waals surface area (Å²) >= 11 is 0. The van der Waals surface area contributed by atoms with Crippen molar-refractivity contribution >= 4 is 12.1 Å². The van der Waals surface area contributed by atoms with Crippen LogP contribution in [0.5, 0.6) is 5.75 Å². The van der Waals surface area contributed by atoms with E-state index in [0.29, 0.717) is 36.3 Å². The van der Waals surface area contributed by atoms with Crippen LogP contribution in [-0.2, 0) is 14.3 Å². The lowest BCUT2D eigenvalue weighted by Crippen LogP contribution is -2.26. The summed E-state index contributed by atoms with van der Waals surface area (Å²) in [5.74, 6) is 0.212. The van der Waals surface area contributed by atoms with Crippen molar-refractivity contribution in [3.05, 3.63) is 77.1 Å². The Hall–Kier alpha value is -3.08. The summed E-state index contributed by atoms with van der Waals surface area (Å²) in [4.78, 5) is 25.4. The molecule has 2 aliphatic rings. The molecule has 30 heavy (non-hydrogen) atoms. The molecule has 0 fully saturated rings. The number of hydrogen-bond acceptors (Lipinski definition) is 5. The number of rotatable bonds is 5. The lowest BCUT2D eigenvalue weighted by Gasteiger charge is -2.23. The quantitative estimate of drug-likeness (QED) is 0.430. The van der Waals surface area contributed by atoms with Gasteiger partial charge in [0.25, 0.3) is 0 Å². The van der Waals surface area contributed by atoms with Gasteiger partial charge in [0, 0.05) is 6.42 Å². The van der Waals surface area contributed by atoms with E-state index in [4.69, 9.17) is 14.2 Å². The van der Waals surface area contributed by atoms with E-state index in [1.54, 1.807) is 45.0 Å². The zero-order valence-corrected chi connectivity index (χ0v) is 17.8. The van der Waals surface area contributed by atoms with Gasteiger partial charge in [-0.3, -0.25) is 0 Å². The van der Waals surface area contributed by atoms with Gasteiger partial charge >= 0.3 is 12.1 Å². The van der Waals surface area contributed by atoms with Gasteiger partial charge in [-0.05, 0) is 64.2 Å². The zero-order chi connectivity index (χ0) is 21.6. The summed E-state index contributed by atoms with van der Waals surface area (Å²) in [5, 5.41) is 0. The average molecular weight is 408 g/mol. The molecule has 0 N–H and O–H groups in total. The molecule has 3 rings (SSSR count). The predicted molar refractivity (Wildman–Crippen MR) is 115 cm³/mol. The predicted octanol–water partition coefficient (Wildman–Crippen LogP) is 6.18. The molecule has 0 saturated carbocycles. The highest BCUT2D eigenvalue weighted by molar-refractivity contribution is 5.96. The molecule has 0 atom stereocenters. The number of carbonyl (C=O) groups is 2. The highest BCUT2D eigenvalue weighted by atomic mass is 16.7. The molecule has 0 aromatic heterocycles. The molecule has 0 unspecified atom stereocenters. The minimum Gasteiger partial charge on any atom is -0.428 e. The van der Waals surface area contributed by atoms with Gasteiger partial charge < -0.3 is 14.2 Å². The highest BCUT2D eigenvalue weighted by Gasteiger charge is 2.29. The van der Waals surface area contributed by atoms with Gasteiger partial charge in [-0.15, -0.1) is 0 Å². The maximum absolute atomic E-state index is 13.1. The van der Waals surface area contributed by atoms with Crippen LogP contribution in [0.4, 0.5) is 4.79 Å². The van der Waals surface area contributed by atoms with E-state index in [1.165, 1.54) is 5.57 Å². The van der Waals surface area contributed by atoms with E-state index >= 15 is 0 Å². The van der Waals surface area contributed by atoms with Crippen LogP contribution >= 0.6 is 0 Å². The first-order chi connectivity index (χ1) is 14.3. The van der Waals surface area contributed by atoms with Crippen LogP contribution in [0.2, 0.25) is 0 Å². The van der Waals surface area contributed by atoms with E-state index in [2.05, 4.69) is 12.2 Å². The third kappa shape index (κ3) is 6.21. The molecule has 2 aliphatic carbocycles. The maximum Gasteiger partial charge on any atom is 0.514 e. The molecule has 0 amide bonds. The summed E-state index contributed by atoms with van der Waals surface area (Å²) in [6.07, 6.45) is 11.1. The van der Waals surface area contributed by atoms with Crippen LogP contribution < -0.4 is 4.74 Å². The maximum atomic E-state index is 13.1. The first-order valence-corrected chi connectivity index (χ1v) is 10.3. The van der Waals surface area contributed by atoms with E-state index in [1.807, 2.05) is 18.2 Å². The fourth-order valence-corrected chi connectivity index (χ4v) is 3.35. The molecule has 0 saturated heterocycles. The van der Waals surface area contributed by atoms with E-state index < -0.39 is 17.7 Å². The first-order valence-electron chi connectivity index (χ1n) is 10.3. The third-order valence-corrected chi connectivity index (χ3v) is 4.63. The minimum atomic E-state index is -0.816. The Morgan fingerprint density at radius 2 is 1.77 bits per heavy atom. The molecule has 0 aliphatic heterocycles. The van der Waals surface area contributed by atoms with Crippen molar-refractivity contribution in [1.29, 1.82) is 0 Å². The third-order valence-electron chi connectivity index (χ3n) is 4.63.